The highest BCUT2D eigenvalue weighted by Gasteiger charge is 2.33. The number of hydrogen-bond acceptors (Lipinski definition) is 4. The molecular formula is C20H23N3O3. The number of amides is 2. The minimum Gasteiger partial charge on any atom is -0.493 e. The summed E-state index contributed by atoms with van der Waals surface area (Å²) < 4.78 is 5.58. The molecule has 4 N–H and O–H groups in total. The summed E-state index contributed by atoms with van der Waals surface area (Å²) in [5, 5.41) is 0. The van der Waals surface area contributed by atoms with Crippen LogP contribution in [0.1, 0.15) is 28.3 Å². The van der Waals surface area contributed by atoms with Gasteiger partial charge in [-0.25, -0.2) is 0 Å². The van der Waals surface area contributed by atoms with Crippen LogP contribution >= 0.6 is 0 Å². The molecule has 0 aliphatic carbocycles. The van der Waals surface area contributed by atoms with Crippen molar-refractivity contribution in [1.82, 2.24) is 4.90 Å². The van der Waals surface area contributed by atoms with Gasteiger partial charge in [0.15, 0.2) is 0 Å². The molecular weight excluding hydrogens is 330 g/mol. The highest BCUT2D eigenvalue weighted by Crippen LogP contribution is 2.26. The number of carbonyl (C=O) groups is 2. The summed E-state index contributed by atoms with van der Waals surface area (Å²) in [5.41, 5.74) is 13.0. The number of nitrogens with two attached hydrogens (primary N) is 2. The van der Waals surface area contributed by atoms with E-state index in [1.807, 2.05) is 30.3 Å². The van der Waals surface area contributed by atoms with Crippen LogP contribution in [0.5, 0.6) is 5.75 Å². The van der Waals surface area contributed by atoms with Gasteiger partial charge in [0.25, 0.3) is 0 Å². The lowest BCUT2D eigenvalue weighted by molar-refractivity contribution is -0.130. The van der Waals surface area contributed by atoms with Crippen LogP contribution in [0.3, 0.4) is 0 Å². The van der Waals surface area contributed by atoms with E-state index >= 15 is 0 Å². The predicted molar refractivity (Wildman–Crippen MR) is 98.8 cm³/mol. The molecule has 136 valence electrons. The van der Waals surface area contributed by atoms with Gasteiger partial charge < -0.3 is 21.1 Å². The van der Waals surface area contributed by atoms with E-state index < -0.39 is 5.91 Å². The quantitative estimate of drug-likeness (QED) is 0.822. The third kappa shape index (κ3) is 4.21. The zero-order valence-corrected chi connectivity index (χ0v) is 14.5. The number of primary amides is 1. The first-order chi connectivity index (χ1) is 12.5. The fourth-order valence-electron chi connectivity index (χ4n) is 3.24. The predicted octanol–water partition coefficient (Wildman–Crippen LogP) is 1.51. The van der Waals surface area contributed by atoms with Crippen LogP contribution in [0.25, 0.3) is 0 Å². The normalized spacial score (nSPS) is 19.3. The Labute approximate surface area is 152 Å². The Morgan fingerprint density at radius 2 is 1.85 bits per heavy atom. The van der Waals surface area contributed by atoms with Gasteiger partial charge in [-0.1, -0.05) is 36.4 Å². The summed E-state index contributed by atoms with van der Waals surface area (Å²) in [4.78, 5) is 25.4. The van der Waals surface area contributed by atoms with E-state index in [1.165, 1.54) is 0 Å². The van der Waals surface area contributed by atoms with E-state index in [9.17, 15) is 9.59 Å². The molecule has 3 rings (SSSR count). The Hall–Kier alpha value is -2.86. The summed E-state index contributed by atoms with van der Waals surface area (Å²) >= 11 is 0. The molecule has 0 unspecified atom stereocenters. The van der Waals surface area contributed by atoms with Crippen LogP contribution in [0.15, 0.2) is 54.6 Å². The molecule has 2 amide bonds. The molecule has 1 aliphatic rings. The van der Waals surface area contributed by atoms with E-state index in [2.05, 4.69) is 0 Å². The van der Waals surface area contributed by atoms with Gasteiger partial charge >= 0.3 is 0 Å². The summed E-state index contributed by atoms with van der Waals surface area (Å²) in [7, 11) is 0. The molecule has 1 saturated heterocycles. The zero-order chi connectivity index (χ0) is 18.5. The summed E-state index contributed by atoms with van der Waals surface area (Å²) in [6, 6.07) is 16.6. The van der Waals surface area contributed by atoms with Gasteiger partial charge in [0.1, 0.15) is 5.75 Å². The number of ether oxygens (including phenoxy) is 1. The fourth-order valence-corrected chi connectivity index (χ4v) is 3.24. The van der Waals surface area contributed by atoms with Crippen LogP contribution in [0, 0.1) is 0 Å². The molecule has 6 heteroatoms. The summed E-state index contributed by atoms with van der Waals surface area (Å²) in [6.45, 7) is 1.42. The van der Waals surface area contributed by atoms with Crippen molar-refractivity contribution in [2.45, 2.75) is 18.4 Å². The summed E-state index contributed by atoms with van der Waals surface area (Å²) in [6.07, 6.45) is 0.259. The molecule has 0 saturated carbocycles. The van der Waals surface area contributed by atoms with Crippen molar-refractivity contribution >= 4 is 11.8 Å². The molecule has 0 radical (unpaired) electrons. The minimum absolute atomic E-state index is 0.0185. The second-order valence-electron chi connectivity index (χ2n) is 6.47. The lowest BCUT2D eigenvalue weighted by Crippen LogP contribution is -2.32. The van der Waals surface area contributed by atoms with Gasteiger partial charge in [0, 0.05) is 30.6 Å². The first-order valence-corrected chi connectivity index (χ1v) is 8.65. The third-order valence-electron chi connectivity index (χ3n) is 4.65. The molecule has 2 aromatic rings. The van der Waals surface area contributed by atoms with E-state index in [0.29, 0.717) is 24.4 Å². The molecule has 2 aromatic carbocycles. The maximum absolute atomic E-state index is 12.4. The highest BCUT2D eigenvalue weighted by molar-refractivity contribution is 5.93. The molecule has 1 heterocycles. The first kappa shape index (κ1) is 17.9. The number of hydrogen-bond donors (Lipinski definition) is 2. The Balaban J connectivity index is 1.51. The fraction of sp³-hybridized carbons (Fsp3) is 0.300. The largest absolute Gasteiger partial charge is 0.493 e. The highest BCUT2D eigenvalue weighted by atomic mass is 16.5. The molecule has 1 aliphatic heterocycles. The molecule has 0 bridgehead atoms. The maximum Gasteiger partial charge on any atom is 0.248 e. The topological polar surface area (TPSA) is 98.7 Å². The summed E-state index contributed by atoms with van der Waals surface area (Å²) in [5.74, 6) is 0.192. The van der Waals surface area contributed by atoms with Crippen molar-refractivity contribution in [3.63, 3.8) is 0 Å². The molecule has 26 heavy (non-hydrogen) atoms. The zero-order valence-electron chi connectivity index (χ0n) is 14.5. The van der Waals surface area contributed by atoms with Gasteiger partial charge in [-0.15, -0.1) is 0 Å². The third-order valence-corrected chi connectivity index (χ3v) is 4.65. The standard InChI is InChI=1S/C20H23N3O3/c21-18-13-23(12-17(18)14-5-2-1-3-6-14)19(24)9-10-26-16-8-4-7-15(11-16)20(22)25/h1-8,11,17-18H,9-10,12-13,21H2,(H2,22,25)/t17-,18+/m0/s1. The van der Waals surface area contributed by atoms with Crippen LogP contribution in [-0.4, -0.2) is 42.5 Å². The first-order valence-electron chi connectivity index (χ1n) is 8.65. The Morgan fingerprint density at radius 3 is 2.58 bits per heavy atom. The number of likely N-dealkylation sites (tertiary alicyclic amines) is 1. The SMILES string of the molecule is NC(=O)c1cccc(OCCC(=O)N2C[C@@H](N)[C@H](c3ccccc3)C2)c1. The lowest BCUT2D eigenvalue weighted by Gasteiger charge is -2.17. The average molecular weight is 353 g/mol. The number of benzene rings is 2. The van der Waals surface area contributed by atoms with E-state index in [1.54, 1.807) is 29.2 Å². The molecule has 1 fully saturated rings. The molecule has 0 aromatic heterocycles. The van der Waals surface area contributed by atoms with Gasteiger partial charge in [-0.05, 0) is 23.8 Å². The van der Waals surface area contributed by atoms with Crippen molar-refractivity contribution in [3.05, 3.63) is 65.7 Å². The van der Waals surface area contributed by atoms with Crippen molar-refractivity contribution < 1.29 is 14.3 Å². The minimum atomic E-state index is -0.510. The van der Waals surface area contributed by atoms with Gasteiger partial charge in [-0.2, -0.15) is 0 Å². The van der Waals surface area contributed by atoms with E-state index in [-0.39, 0.29) is 30.9 Å². The second kappa shape index (κ2) is 8.01. The monoisotopic (exact) mass is 353 g/mol. The number of rotatable bonds is 6. The molecule has 6 nitrogen and oxygen atoms in total. The molecule has 0 spiro atoms. The van der Waals surface area contributed by atoms with Crippen molar-refractivity contribution in [1.29, 1.82) is 0 Å². The van der Waals surface area contributed by atoms with Crippen LogP contribution in [0.2, 0.25) is 0 Å². The number of nitrogens with zero attached hydrogens (tertiary/aromatic N) is 1. The Bertz CT molecular complexity index is 779. The van der Waals surface area contributed by atoms with E-state index in [4.69, 9.17) is 16.2 Å². The van der Waals surface area contributed by atoms with Crippen LogP contribution in [-0.2, 0) is 4.79 Å². The van der Waals surface area contributed by atoms with Gasteiger partial charge in [-0.3, -0.25) is 9.59 Å². The smallest absolute Gasteiger partial charge is 0.248 e. The van der Waals surface area contributed by atoms with Crippen molar-refractivity contribution in [2.75, 3.05) is 19.7 Å². The lowest BCUT2D eigenvalue weighted by atomic mass is 9.95. The Kier molecular flexibility index (Phi) is 5.53. The van der Waals surface area contributed by atoms with Crippen LogP contribution < -0.4 is 16.2 Å². The van der Waals surface area contributed by atoms with Crippen molar-refractivity contribution in [2.24, 2.45) is 11.5 Å². The van der Waals surface area contributed by atoms with Gasteiger partial charge in [0.05, 0.1) is 13.0 Å². The average Bonchev–Trinajstić information content (AvgIpc) is 3.04. The second-order valence-corrected chi connectivity index (χ2v) is 6.47. The van der Waals surface area contributed by atoms with Gasteiger partial charge in [0.2, 0.25) is 11.8 Å². The molecule has 2 atom stereocenters. The van der Waals surface area contributed by atoms with Crippen LogP contribution in [0.4, 0.5) is 0 Å². The van der Waals surface area contributed by atoms with Crippen molar-refractivity contribution in [3.8, 4) is 5.75 Å². The number of carbonyl (C=O) groups excluding carboxylic acids is 2. The maximum atomic E-state index is 12.4. The Morgan fingerprint density at radius 1 is 1.08 bits per heavy atom. The van der Waals surface area contributed by atoms with E-state index in [0.717, 1.165) is 5.56 Å².